The molecule has 0 radical (unpaired) electrons. The molecule has 0 atom stereocenters. The fourth-order valence-corrected chi connectivity index (χ4v) is 3.74. The minimum absolute atomic E-state index is 0.000952. The first-order chi connectivity index (χ1) is 13.9. The van der Waals surface area contributed by atoms with Crippen LogP contribution in [-0.4, -0.2) is 20.7 Å². The van der Waals surface area contributed by atoms with Crippen molar-refractivity contribution in [3.05, 3.63) is 71.3 Å². The zero-order valence-corrected chi connectivity index (χ0v) is 17.7. The van der Waals surface area contributed by atoms with Gasteiger partial charge in [-0.1, -0.05) is 55.4 Å². The number of nitrogens with zero attached hydrogens (tertiary/aromatic N) is 3. The molecule has 0 aliphatic heterocycles. The topological polar surface area (TPSA) is 59.8 Å². The van der Waals surface area contributed by atoms with Crippen molar-refractivity contribution in [1.29, 1.82) is 0 Å². The smallest absolute Gasteiger partial charge is 0.220 e. The Morgan fingerprint density at radius 2 is 1.79 bits per heavy atom. The summed E-state index contributed by atoms with van der Waals surface area (Å²) in [5.41, 5.74) is 3.10. The van der Waals surface area contributed by atoms with Gasteiger partial charge in [0.05, 0.1) is 6.54 Å². The number of aryl methyl sites for hydroxylation is 1. The van der Waals surface area contributed by atoms with Crippen LogP contribution in [0.4, 0.5) is 4.39 Å². The van der Waals surface area contributed by atoms with E-state index in [2.05, 4.69) is 15.5 Å². The summed E-state index contributed by atoms with van der Waals surface area (Å²) in [6, 6.07) is 14.5. The summed E-state index contributed by atoms with van der Waals surface area (Å²) in [4.78, 5) is 12.1. The lowest BCUT2D eigenvalue weighted by molar-refractivity contribution is -0.122. The predicted octanol–water partition coefficient (Wildman–Crippen LogP) is 4.67. The SMILES string of the molecule is Cc1ccc(-n2c(CNC(=O)CC(C)C)nnc2SCc2ccc(F)cc2)cc1. The van der Waals surface area contributed by atoms with Crippen LogP contribution in [0.3, 0.4) is 0 Å². The molecule has 0 saturated heterocycles. The molecule has 0 saturated carbocycles. The van der Waals surface area contributed by atoms with Crippen molar-refractivity contribution >= 4 is 17.7 Å². The second kappa shape index (κ2) is 9.69. The first-order valence-electron chi connectivity index (χ1n) is 9.57. The number of hydrogen-bond donors (Lipinski definition) is 1. The molecule has 0 aliphatic rings. The standard InChI is InChI=1S/C22H25FN4OS/c1-15(2)12-21(28)24-13-20-25-26-22(27(20)19-10-4-16(3)5-11-19)29-14-17-6-8-18(23)9-7-17/h4-11,15H,12-14H2,1-3H3,(H,24,28). The molecular weight excluding hydrogens is 387 g/mol. The van der Waals surface area contributed by atoms with Crippen molar-refractivity contribution in [3.8, 4) is 5.69 Å². The number of rotatable bonds is 8. The monoisotopic (exact) mass is 412 g/mol. The molecule has 7 heteroatoms. The van der Waals surface area contributed by atoms with Gasteiger partial charge in [0.1, 0.15) is 5.82 Å². The van der Waals surface area contributed by atoms with E-state index in [-0.39, 0.29) is 11.7 Å². The Hall–Kier alpha value is -2.67. The van der Waals surface area contributed by atoms with Gasteiger partial charge in [-0.15, -0.1) is 10.2 Å². The van der Waals surface area contributed by atoms with Crippen molar-refractivity contribution in [2.24, 2.45) is 5.92 Å². The lowest BCUT2D eigenvalue weighted by Crippen LogP contribution is -2.25. The van der Waals surface area contributed by atoms with E-state index >= 15 is 0 Å². The van der Waals surface area contributed by atoms with Gasteiger partial charge < -0.3 is 5.32 Å². The third kappa shape index (κ3) is 5.90. The summed E-state index contributed by atoms with van der Waals surface area (Å²) in [5, 5.41) is 12.3. The highest BCUT2D eigenvalue weighted by atomic mass is 32.2. The molecule has 0 unspecified atom stereocenters. The van der Waals surface area contributed by atoms with Gasteiger partial charge in [0, 0.05) is 17.9 Å². The molecule has 5 nitrogen and oxygen atoms in total. The van der Waals surface area contributed by atoms with Gasteiger partial charge in [0.15, 0.2) is 11.0 Å². The second-order valence-electron chi connectivity index (χ2n) is 7.36. The Morgan fingerprint density at radius 1 is 1.10 bits per heavy atom. The van der Waals surface area contributed by atoms with E-state index in [4.69, 9.17) is 0 Å². The van der Waals surface area contributed by atoms with Crippen molar-refractivity contribution in [1.82, 2.24) is 20.1 Å². The minimum atomic E-state index is -0.249. The number of amides is 1. The molecule has 3 aromatic rings. The molecule has 1 aromatic heterocycles. The average molecular weight is 413 g/mol. The normalized spacial score (nSPS) is 11.1. The highest BCUT2D eigenvalue weighted by molar-refractivity contribution is 7.98. The number of carbonyl (C=O) groups excluding carboxylic acids is 1. The molecule has 0 bridgehead atoms. The molecule has 1 amide bonds. The molecule has 152 valence electrons. The summed E-state index contributed by atoms with van der Waals surface area (Å²) >= 11 is 1.52. The molecule has 0 fully saturated rings. The fourth-order valence-electron chi connectivity index (χ4n) is 2.81. The van der Waals surface area contributed by atoms with Gasteiger partial charge in [-0.2, -0.15) is 0 Å². The lowest BCUT2D eigenvalue weighted by atomic mass is 10.1. The van der Waals surface area contributed by atoms with Crippen molar-refractivity contribution in [2.75, 3.05) is 0 Å². The quantitative estimate of drug-likeness (QED) is 0.546. The molecular formula is C22H25FN4OS. The van der Waals surface area contributed by atoms with E-state index in [9.17, 15) is 9.18 Å². The van der Waals surface area contributed by atoms with Crippen LogP contribution in [-0.2, 0) is 17.1 Å². The van der Waals surface area contributed by atoms with Crippen molar-refractivity contribution in [3.63, 3.8) is 0 Å². The number of carbonyl (C=O) groups is 1. The largest absolute Gasteiger partial charge is 0.349 e. The van der Waals surface area contributed by atoms with E-state index in [0.717, 1.165) is 22.0 Å². The summed E-state index contributed by atoms with van der Waals surface area (Å²) in [5.74, 6) is 1.36. The van der Waals surface area contributed by atoms with Crippen LogP contribution < -0.4 is 5.32 Å². The highest BCUT2D eigenvalue weighted by Crippen LogP contribution is 2.25. The summed E-state index contributed by atoms with van der Waals surface area (Å²) in [7, 11) is 0. The number of benzene rings is 2. The first kappa shape index (κ1) is 21.0. The average Bonchev–Trinajstić information content (AvgIpc) is 3.09. The van der Waals surface area contributed by atoms with Gasteiger partial charge in [-0.3, -0.25) is 9.36 Å². The maximum Gasteiger partial charge on any atom is 0.220 e. The maximum absolute atomic E-state index is 13.1. The van der Waals surface area contributed by atoms with Crippen LogP contribution in [0.15, 0.2) is 53.7 Å². The van der Waals surface area contributed by atoms with Gasteiger partial charge in [0.2, 0.25) is 5.91 Å². The van der Waals surface area contributed by atoms with Crippen molar-refractivity contribution in [2.45, 2.75) is 44.6 Å². The Bertz CT molecular complexity index is 952. The fraction of sp³-hybridized carbons (Fsp3) is 0.318. The molecule has 1 N–H and O–H groups in total. The lowest BCUT2D eigenvalue weighted by Gasteiger charge is -2.12. The van der Waals surface area contributed by atoms with Crippen LogP contribution >= 0.6 is 11.8 Å². The maximum atomic E-state index is 13.1. The molecule has 0 aliphatic carbocycles. The van der Waals surface area contributed by atoms with Gasteiger partial charge in [0.25, 0.3) is 0 Å². The third-order valence-corrected chi connectivity index (χ3v) is 5.31. The first-order valence-corrected chi connectivity index (χ1v) is 10.6. The summed E-state index contributed by atoms with van der Waals surface area (Å²) < 4.78 is 15.1. The Labute approximate surface area is 174 Å². The van der Waals surface area contributed by atoms with Crippen LogP contribution in [0.25, 0.3) is 5.69 Å². The summed E-state index contributed by atoms with van der Waals surface area (Å²) in [6.07, 6.45) is 0.477. The number of hydrogen-bond acceptors (Lipinski definition) is 4. The Balaban J connectivity index is 1.81. The van der Waals surface area contributed by atoms with Crippen LogP contribution in [0.5, 0.6) is 0 Å². The number of aromatic nitrogens is 3. The van der Waals surface area contributed by atoms with Gasteiger partial charge in [-0.25, -0.2) is 4.39 Å². The molecule has 2 aromatic carbocycles. The summed E-state index contributed by atoms with van der Waals surface area (Å²) in [6.45, 7) is 6.37. The van der Waals surface area contributed by atoms with E-state index in [1.165, 1.54) is 23.9 Å². The van der Waals surface area contributed by atoms with E-state index in [1.54, 1.807) is 12.1 Å². The molecule has 3 rings (SSSR count). The zero-order chi connectivity index (χ0) is 20.8. The number of halogens is 1. The van der Waals surface area contributed by atoms with Crippen molar-refractivity contribution < 1.29 is 9.18 Å². The van der Waals surface area contributed by atoms with Crippen LogP contribution in [0, 0.1) is 18.7 Å². The molecule has 29 heavy (non-hydrogen) atoms. The second-order valence-corrected chi connectivity index (χ2v) is 8.30. The Morgan fingerprint density at radius 3 is 2.45 bits per heavy atom. The van der Waals surface area contributed by atoms with Crippen LogP contribution in [0.2, 0.25) is 0 Å². The highest BCUT2D eigenvalue weighted by Gasteiger charge is 2.16. The predicted molar refractivity (Wildman–Crippen MR) is 113 cm³/mol. The number of thioether (sulfide) groups is 1. The van der Waals surface area contributed by atoms with E-state index in [1.807, 2.05) is 49.6 Å². The minimum Gasteiger partial charge on any atom is -0.349 e. The molecule has 1 heterocycles. The van der Waals surface area contributed by atoms with Gasteiger partial charge >= 0.3 is 0 Å². The third-order valence-electron chi connectivity index (χ3n) is 4.31. The number of nitrogens with one attached hydrogen (secondary N) is 1. The molecule has 0 spiro atoms. The zero-order valence-electron chi connectivity index (χ0n) is 16.9. The Kier molecular flexibility index (Phi) is 7.04. The van der Waals surface area contributed by atoms with E-state index in [0.29, 0.717) is 30.5 Å². The van der Waals surface area contributed by atoms with Gasteiger partial charge in [-0.05, 0) is 42.7 Å². The van der Waals surface area contributed by atoms with E-state index < -0.39 is 0 Å². The van der Waals surface area contributed by atoms with Crippen LogP contribution in [0.1, 0.15) is 37.2 Å².